The number of allylic oxidation sites excluding steroid dienone is 1. The lowest BCUT2D eigenvalue weighted by molar-refractivity contribution is -0.163. The Morgan fingerprint density at radius 3 is 2.63 bits per heavy atom. The summed E-state index contributed by atoms with van der Waals surface area (Å²) < 4.78 is 12.5. The molecule has 1 N–H and O–H groups in total. The van der Waals surface area contributed by atoms with Crippen LogP contribution in [0.3, 0.4) is 0 Å². The van der Waals surface area contributed by atoms with Gasteiger partial charge in [0, 0.05) is 6.54 Å². The minimum absolute atomic E-state index is 0.114. The number of likely N-dealkylation sites (tertiary alicyclic amines) is 1. The summed E-state index contributed by atoms with van der Waals surface area (Å²) in [5.41, 5.74) is -1.77. The fourth-order valence-corrected chi connectivity index (χ4v) is 7.47. The average Bonchev–Trinajstić information content (AvgIpc) is 3.47. The van der Waals surface area contributed by atoms with Crippen LogP contribution in [0, 0.1) is 23.7 Å². The number of fused-ring (bicyclic) bond motifs is 1. The zero-order valence-corrected chi connectivity index (χ0v) is 25.3. The molecule has 41 heavy (non-hydrogen) atoms. The summed E-state index contributed by atoms with van der Waals surface area (Å²) in [5, 5.41) is 11.0. The molecule has 224 valence electrons. The average molecular weight is 587 g/mol. The molecule has 1 spiro atoms. The zero-order valence-electron chi connectivity index (χ0n) is 24.6. The number of rotatable bonds is 13. The minimum Gasteiger partial charge on any atom is -0.465 e. The molecule has 0 radical (unpaired) electrons. The molecule has 1 aromatic carbocycles. The number of para-hydroxylation sites is 1. The van der Waals surface area contributed by atoms with Gasteiger partial charge in [0.05, 0.1) is 41.5 Å². The highest BCUT2D eigenvalue weighted by molar-refractivity contribution is 6.34. The molecule has 8 nitrogen and oxygen atoms in total. The number of anilines is 1. The van der Waals surface area contributed by atoms with Gasteiger partial charge in [-0.25, -0.2) is 0 Å². The van der Waals surface area contributed by atoms with Crippen molar-refractivity contribution in [1.82, 2.24) is 4.90 Å². The number of hydrogen-bond donors (Lipinski definition) is 1. The summed E-state index contributed by atoms with van der Waals surface area (Å²) >= 11 is 6.55. The van der Waals surface area contributed by atoms with Gasteiger partial charge in [-0.15, -0.1) is 13.2 Å². The van der Waals surface area contributed by atoms with E-state index in [9.17, 15) is 19.5 Å². The standard InChI is InChI=1S/C32H43ClN2O6/c1-7-10-13-17-40-30(39)26-25-28(37)35(24(19-36)20(4)9-3)27(32(25)18-21(5)31(26,6)41-32)29(38)34(16-8-2)23-15-12-11-14-22(23)33/h7-8,11-12,14-15,20-21,24-27,36H,1-2,9-10,13,16-19H2,3-6H3/t20-,21?,24-,25-,26-,27?,31+,32?/m0/s1. The highest BCUT2D eigenvalue weighted by atomic mass is 35.5. The van der Waals surface area contributed by atoms with E-state index < -0.39 is 41.1 Å². The first-order valence-corrected chi connectivity index (χ1v) is 15.0. The fourth-order valence-electron chi connectivity index (χ4n) is 7.23. The van der Waals surface area contributed by atoms with Gasteiger partial charge >= 0.3 is 5.97 Å². The topological polar surface area (TPSA) is 96.4 Å². The van der Waals surface area contributed by atoms with Crippen LogP contribution >= 0.6 is 11.6 Å². The Bertz CT molecular complexity index is 1190. The SMILES string of the molecule is C=CCCCOC(=O)[C@@H]1[C@H]2C(=O)N([C@@H](CO)[C@@H](C)CC)C(C(=O)N(CC=C)c3ccccc3Cl)C23CC(C)[C@@]1(C)O3. The number of carbonyl (C=O) groups is 3. The molecular weight excluding hydrogens is 544 g/mol. The number of nitrogens with zero attached hydrogens (tertiary/aromatic N) is 2. The summed E-state index contributed by atoms with van der Waals surface area (Å²) in [4.78, 5) is 46.0. The van der Waals surface area contributed by atoms with E-state index in [1.54, 1.807) is 36.4 Å². The summed E-state index contributed by atoms with van der Waals surface area (Å²) in [6, 6.07) is 5.30. The number of carbonyl (C=O) groups excluding carboxylic acids is 3. The van der Waals surface area contributed by atoms with Gasteiger partial charge in [-0.1, -0.05) is 63.1 Å². The van der Waals surface area contributed by atoms with Crippen LogP contribution in [-0.2, 0) is 23.9 Å². The highest BCUT2D eigenvalue weighted by Gasteiger charge is 2.81. The lowest BCUT2D eigenvalue weighted by atomic mass is 9.62. The van der Waals surface area contributed by atoms with Crippen molar-refractivity contribution < 1.29 is 29.0 Å². The first-order chi connectivity index (χ1) is 19.5. The van der Waals surface area contributed by atoms with E-state index in [0.29, 0.717) is 36.4 Å². The van der Waals surface area contributed by atoms with E-state index in [-0.39, 0.29) is 43.4 Å². The lowest BCUT2D eigenvalue weighted by Gasteiger charge is -2.41. The molecule has 2 bridgehead atoms. The Kier molecular flexibility index (Phi) is 9.36. The third kappa shape index (κ3) is 5.02. The largest absolute Gasteiger partial charge is 0.465 e. The predicted octanol–water partition coefficient (Wildman–Crippen LogP) is 4.79. The fraction of sp³-hybridized carbons (Fsp3) is 0.594. The number of unbranched alkanes of at least 4 members (excludes halogenated alkanes) is 1. The number of halogens is 1. The van der Waals surface area contributed by atoms with E-state index in [2.05, 4.69) is 13.2 Å². The molecule has 3 aliphatic heterocycles. The third-order valence-electron chi connectivity index (χ3n) is 9.60. The first-order valence-electron chi connectivity index (χ1n) is 14.6. The number of benzene rings is 1. The van der Waals surface area contributed by atoms with Crippen molar-refractivity contribution in [3.63, 3.8) is 0 Å². The smallest absolute Gasteiger partial charge is 0.312 e. The van der Waals surface area contributed by atoms with Gasteiger partial charge < -0.3 is 24.4 Å². The van der Waals surface area contributed by atoms with Gasteiger partial charge in [0.2, 0.25) is 5.91 Å². The monoisotopic (exact) mass is 586 g/mol. The minimum atomic E-state index is -1.27. The van der Waals surface area contributed by atoms with Crippen molar-refractivity contribution in [2.45, 2.75) is 76.7 Å². The quantitative estimate of drug-likeness (QED) is 0.203. The molecular formula is C32H43ClN2O6. The van der Waals surface area contributed by atoms with Crippen molar-refractivity contribution in [3.05, 3.63) is 54.6 Å². The second kappa shape index (κ2) is 12.3. The molecule has 0 aromatic heterocycles. The molecule has 0 aliphatic carbocycles. The van der Waals surface area contributed by atoms with Crippen LogP contribution in [0.25, 0.3) is 0 Å². The third-order valence-corrected chi connectivity index (χ3v) is 9.92. The molecule has 4 rings (SSSR count). The maximum Gasteiger partial charge on any atom is 0.312 e. The first kappa shape index (κ1) is 31.3. The van der Waals surface area contributed by atoms with Gasteiger partial charge in [0.25, 0.3) is 5.91 Å². The van der Waals surface area contributed by atoms with Gasteiger partial charge in [-0.05, 0) is 50.2 Å². The Hall–Kier alpha value is -2.68. The van der Waals surface area contributed by atoms with Crippen molar-refractivity contribution in [2.24, 2.45) is 23.7 Å². The molecule has 9 heteroatoms. The Morgan fingerprint density at radius 2 is 2.02 bits per heavy atom. The van der Waals surface area contributed by atoms with Crippen LogP contribution in [0.2, 0.25) is 5.02 Å². The van der Waals surface area contributed by atoms with E-state index >= 15 is 0 Å². The van der Waals surface area contributed by atoms with Crippen LogP contribution in [0.4, 0.5) is 5.69 Å². The van der Waals surface area contributed by atoms with Crippen molar-refractivity contribution >= 4 is 35.1 Å². The molecule has 0 saturated carbocycles. The lowest BCUT2D eigenvalue weighted by Crippen LogP contribution is -2.60. The molecule has 8 atom stereocenters. The highest BCUT2D eigenvalue weighted by Crippen LogP contribution is 2.66. The molecule has 3 saturated heterocycles. The van der Waals surface area contributed by atoms with Crippen molar-refractivity contribution in [3.8, 4) is 0 Å². The summed E-state index contributed by atoms with van der Waals surface area (Å²) in [7, 11) is 0. The number of ether oxygens (including phenoxy) is 2. The molecule has 3 heterocycles. The number of aliphatic hydroxyl groups is 1. The van der Waals surface area contributed by atoms with Crippen LogP contribution in [-0.4, -0.2) is 70.8 Å². The second-order valence-corrected chi connectivity index (χ2v) is 12.3. The van der Waals surface area contributed by atoms with E-state index in [1.165, 1.54) is 9.80 Å². The summed E-state index contributed by atoms with van der Waals surface area (Å²) in [6.45, 7) is 15.4. The second-order valence-electron chi connectivity index (χ2n) is 11.9. The van der Waals surface area contributed by atoms with Crippen LogP contribution in [0.15, 0.2) is 49.6 Å². The maximum atomic E-state index is 14.8. The van der Waals surface area contributed by atoms with Crippen LogP contribution < -0.4 is 4.90 Å². The van der Waals surface area contributed by atoms with E-state index in [4.69, 9.17) is 21.1 Å². The van der Waals surface area contributed by atoms with Crippen LogP contribution in [0.1, 0.15) is 53.4 Å². The molecule has 3 aliphatic rings. The molecule has 2 amide bonds. The number of hydrogen-bond acceptors (Lipinski definition) is 6. The Balaban J connectivity index is 1.85. The van der Waals surface area contributed by atoms with E-state index in [1.807, 2.05) is 27.7 Å². The normalized spacial score (nSPS) is 31.5. The maximum absolute atomic E-state index is 14.8. The number of aliphatic hydroxyl groups excluding tert-OH is 1. The Labute approximate surface area is 248 Å². The summed E-state index contributed by atoms with van der Waals surface area (Å²) in [6.07, 6.45) is 5.79. The zero-order chi connectivity index (χ0) is 30.1. The van der Waals surface area contributed by atoms with Gasteiger partial charge in [-0.2, -0.15) is 0 Å². The predicted molar refractivity (Wildman–Crippen MR) is 158 cm³/mol. The molecule has 1 aromatic rings. The molecule has 3 unspecified atom stereocenters. The van der Waals surface area contributed by atoms with Crippen molar-refractivity contribution in [2.75, 3.05) is 24.7 Å². The summed E-state index contributed by atoms with van der Waals surface area (Å²) in [5.74, 6) is -3.27. The van der Waals surface area contributed by atoms with E-state index in [0.717, 1.165) is 0 Å². The van der Waals surface area contributed by atoms with Gasteiger partial charge in [0.15, 0.2) is 0 Å². The van der Waals surface area contributed by atoms with Gasteiger partial charge in [0.1, 0.15) is 17.6 Å². The Morgan fingerprint density at radius 1 is 1.32 bits per heavy atom. The number of esters is 1. The molecule has 3 fully saturated rings. The number of amides is 2. The van der Waals surface area contributed by atoms with Gasteiger partial charge in [-0.3, -0.25) is 14.4 Å². The van der Waals surface area contributed by atoms with Crippen molar-refractivity contribution in [1.29, 1.82) is 0 Å². The van der Waals surface area contributed by atoms with Crippen LogP contribution in [0.5, 0.6) is 0 Å².